The van der Waals surface area contributed by atoms with E-state index in [9.17, 15) is 4.79 Å². The molecule has 5 nitrogen and oxygen atoms in total. The van der Waals surface area contributed by atoms with Crippen LogP contribution in [-0.2, 0) is 4.79 Å². The van der Waals surface area contributed by atoms with Gasteiger partial charge in [0.25, 0.3) is 5.91 Å². The monoisotopic (exact) mass is 385 g/mol. The number of H-pyrrole nitrogens is 1. The second kappa shape index (κ2) is 7.80. The number of fused-ring (bicyclic) bond motifs is 1. The number of nitrogens with one attached hydrogen (secondary N) is 2. The fourth-order valence-corrected chi connectivity index (χ4v) is 3.68. The molecule has 1 amide bonds. The van der Waals surface area contributed by atoms with Gasteiger partial charge in [-0.05, 0) is 42.7 Å². The first-order chi connectivity index (χ1) is 14.0. The quantitative estimate of drug-likeness (QED) is 0.498. The molecule has 146 valence electrons. The summed E-state index contributed by atoms with van der Waals surface area (Å²) in [6, 6.07) is 18.4. The summed E-state index contributed by atoms with van der Waals surface area (Å²) in [5, 5.41) is 5.05. The Morgan fingerprint density at radius 3 is 2.55 bits per heavy atom. The fraction of sp³-hybridized carbons (Fsp3) is 0.167. The second-order valence-electron chi connectivity index (χ2n) is 7.24. The Bertz CT molecular complexity index is 1170. The molecule has 0 aliphatic rings. The zero-order chi connectivity index (χ0) is 20.4. The van der Waals surface area contributed by atoms with Gasteiger partial charge in [-0.1, -0.05) is 60.2 Å². The lowest BCUT2D eigenvalue weighted by molar-refractivity contribution is -0.118. The Labute approximate surface area is 169 Å². The van der Waals surface area contributed by atoms with Gasteiger partial charge in [0.05, 0.1) is 11.9 Å². The number of carbonyl (C=O) groups is 1. The van der Waals surface area contributed by atoms with Gasteiger partial charge in [-0.2, -0.15) is 0 Å². The summed E-state index contributed by atoms with van der Waals surface area (Å²) >= 11 is 0. The Hall–Kier alpha value is -3.60. The molecule has 0 aliphatic heterocycles. The molecule has 2 N–H and O–H groups in total. The smallest absolute Gasteiger partial charge is 0.264 e. The summed E-state index contributed by atoms with van der Waals surface area (Å²) in [7, 11) is 0. The number of ether oxygens (including phenoxy) is 1. The largest absolute Gasteiger partial charge is 0.483 e. The molecular weight excluding hydrogens is 362 g/mol. The number of amides is 1. The van der Waals surface area contributed by atoms with Crippen LogP contribution in [0.15, 0.2) is 60.8 Å². The average Bonchev–Trinajstić information content (AvgIpc) is 3.15. The van der Waals surface area contributed by atoms with Crippen LogP contribution in [0.1, 0.15) is 16.7 Å². The van der Waals surface area contributed by atoms with E-state index in [1.807, 2.05) is 57.2 Å². The number of hydrogen-bond donors (Lipinski definition) is 2. The van der Waals surface area contributed by atoms with Crippen LogP contribution in [0, 0.1) is 20.8 Å². The maximum Gasteiger partial charge on any atom is 0.264 e. The molecule has 5 heteroatoms. The van der Waals surface area contributed by atoms with Crippen LogP contribution < -0.4 is 10.1 Å². The van der Waals surface area contributed by atoms with Gasteiger partial charge in [0.2, 0.25) is 5.95 Å². The molecule has 1 aromatic heterocycles. The molecule has 4 aromatic rings. The van der Waals surface area contributed by atoms with Crippen LogP contribution in [-0.4, -0.2) is 22.5 Å². The first-order valence-electron chi connectivity index (χ1n) is 9.55. The number of aryl methyl sites for hydroxylation is 3. The highest BCUT2D eigenvalue weighted by Gasteiger charge is 2.11. The number of imidazole rings is 1. The molecule has 0 saturated heterocycles. The Balaban J connectivity index is 1.46. The van der Waals surface area contributed by atoms with Gasteiger partial charge in [0.1, 0.15) is 5.75 Å². The molecule has 0 bridgehead atoms. The number of hydrogen-bond acceptors (Lipinski definition) is 3. The summed E-state index contributed by atoms with van der Waals surface area (Å²) in [4.78, 5) is 19.8. The molecule has 29 heavy (non-hydrogen) atoms. The van der Waals surface area contributed by atoms with Crippen molar-refractivity contribution in [3.05, 3.63) is 77.5 Å². The third-order valence-electron chi connectivity index (χ3n) is 4.87. The van der Waals surface area contributed by atoms with Crippen LogP contribution in [0.5, 0.6) is 5.75 Å². The van der Waals surface area contributed by atoms with Crippen LogP contribution >= 0.6 is 0 Å². The van der Waals surface area contributed by atoms with E-state index in [0.717, 1.165) is 38.9 Å². The van der Waals surface area contributed by atoms with E-state index in [2.05, 4.69) is 33.5 Å². The number of aromatic nitrogens is 2. The molecule has 1 heterocycles. The minimum absolute atomic E-state index is 0.0744. The lowest BCUT2D eigenvalue weighted by Gasteiger charge is -2.12. The molecule has 0 spiro atoms. The van der Waals surface area contributed by atoms with Gasteiger partial charge in [-0.15, -0.1) is 0 Å². The predicted octanol–water partition coefficient (Wildman–Crippen LogP) is 5.17. The van der Waals surface area contributed by atoms with Crippen molar-refractivity contribution < 1.29 is 9.53 Å². The summed E-state index contributed by atoms with van der Waals surface area (Å²) < 4.78 is 5.75. The molecule has 0 radical (unpaired) electrons. The third-order valence-corrected chi connectivity index (χ3v) is 4.87. The van der Waals surface area contributed by atoms with E-state index < -0.39 is 0 Å². The lowest BCUT2D eigenvalue weighted by Crippen LogP contribution is -2.21. The maximum atomic E-state index is 12.3. The first-order valence-corrected chi connectivity index (χ1v) is 9.55. The topological polar surface area (TPSA) is 67.0 Å². The Morgan fingerprint density at radius 1 is 1.03 bits per heavy atom. The summed E-state index contributed by atoms with van der Waals surface area (Å²) in [6.45, 7) is 5.93. The van der Waals surface area contributed by atoms with Crippen LogP contribution in [0.3, 0.4) is 0 Å². The Kier molecular flexibility index (Phi) is 5.04. The number of rotatable bonds is 5. The third kappa shape index (κ3) is 3.99. The zero-order valence-electron chi connectivity index (χ0n) is 16.7. The average molecular weight is 385 g/mol. The predicted molar refractivity (Wildman–Crippen MR) is 116 cm³/mol. The van der Waals surface area contributed by atoms with E-state index in [0.29, 0.717) is 5.95 Å². The molecule has 0 atom stereocenters. The van der Waals surface area contributed by atoms with Crippen LogP contribution in [0.4, 0.5) is 5.95 Å². The minimum atomic E-state index is -0.261. The van der Waals surface area contributed by atoms with Crippen molar-refractivity contribution in [3.8, 4) is 17.0 Å². The summed E-state index contributed by atoms with van der Waals surface area (Å²) in [5.74, 6) is 0.892. The highest BCUT2D eigenvalue weighted by atomic mass is 16.5. The van der Waals surface area contributed by atoms with Gasteiger partial charge < -0.3 is 9.72 Å². The van der Waals surface area contributed by atoms with Crippen molar-refractivity contribution in [1.82, 2.24) is 9.97 Å². The van der Waals surface area contributed by atoms with E-state index in [-0.39, 0.29) is 12.5 Å². The number of aromatic amines is 1. The lowest BCUT2D eigenvalue weighted by atomic mass is 10.0. The van der Waals surface area contributed by atoms with Crippen molar-refractivity contribution in [2.24, 2.45) is 0 Å². The number of anilines is 1. The molecule has 0 aliphatic carbocycles. The summed E-state index contributed by atoms with van der Waals surface area (Å²) in [5.41, 5.74) is 5.10. The summed E-state index contributed by atoms with van der Waals surface area (Å²) in [6.07, 6.45) is 1.73. The number of nitrogens with zero attached hydrogens (tertiary/aromatic N) is 1. The van der Waals surface area contributed by atoms with Crippen molar-refractivity contribution in [1.29, 1.82) is 0 Å². The van der Waals surface area contributed by atoms with Gasteiger partial charge in [-0.3, -0.25) is 10.1 Å². The van der Waals surface area contributed by atoms with E-state index in [1.54, 1.807) is 6.20 Å². The fourth-order valence-electron chi connectivity index (χ4n) is 3.68. The highest BCUT2D eigenvalue weighted by molar-refractivity contribution is 5.96. The van der Waals surface area contributed by atoms with Gasteiger partial charge >= 0.3 is 0 Å². The number of benzene rings is 3. The molecule has 0 unspecified atom stereocenters. The van der Waals surface area contributed by atoms with Crippen LogP contribution in [0.2, 0.25) is 0 Å². The van der Waals surface area contributed by atoms with Crippen LogP contribution in [0.25, 0.3) is 22.0 Å². The van der Waals surface area contributed by atoms with Gasteiger partial charge in [-0.25, -0.2) is 4.98 Å². The Morgan fingerprint density at radius 2 is 1.76 bits per heavy atom. The standard InChI is InChI=1S/C24H23N3O2/c1-15-11-16(2)23(17(3)12-15)29-14-22(28)27-24-25-13-21(26-24)20-10-6-8-18-7-4-5-9-19(18)20/h4-13H,14H2,1-3H3,(H2,25,26,27,28). The molecule has 0 fully saturated rings. The van der Waals surface area contributed by atoms with E-state index in [1.165, 1.54) is 5.56 Å². The number of carbonyl (C=O) groups excluding carboxylic acids is 1. The molecule has 3 aromatic carbocycles. The van der Waals surface area contributed by atoms with Crippen molar-refractivity contribution in [2.45, 2.75) is 20.8 Å². The van der Waals surface area contributed by atoms with Crippen molar-refractivity contribution >= 4 is 22.6 Å². The normalized spacial score (nSPS) is 10.9. The van der Waals surface area contributed by atoms with E-state index >= 15 is 0 Å². The van der Waals surface area contributed by atoms with Gasteiger partial charge in [0.15, 0.2) is 6.61 Å². The SMILES string of the molecule is Cc1cc(C)c(OCC(=O)Nc2ncc(-c3cccc4ccccc34)[nH]2)c(C)c1. The molecule has 4 rings (SSSR count). The van der Waals surface area contributed by atoms with Crippen molar-refractivity contribution in [2.75, 3.05) is 11.9 Å². The molecule has 0 saturated carbocycles. The zero-order valence-corrected chi connectivity index (χ0v) is 16.7. The highest BCUT2D eigenvalue weighted by Crippen LogP contribution is 2.28. The second-order valence-corrected chi connectivity index (χ2v) is 7.24. The van der Waals surface area contributed by atoms with Crippen molar-refractivity contribution in [3.63, 3.8) is 0 Å². The molecular formula is C24H23N3O2. The minimum Gasteiger partial charge on any atom is -0.483 e. The first kappa shape index (κ1) is 18.7. The maximum absolute atomic E-state index is 12.3. The van der Waals surface area contributed by atoms with Gasteiger partial charge in [0, 0.05) is 5.56 Å². The van der Waals surface area contributed by atoms with E-state index in [4.69, 9.17) is 4.74 Å².